The lowest BCUT2D eigenvalue weighted by Crippen LogP contribution is -1.96. The molecule has 0 unspecified atom stereocenters. The number of nitriles is 3. The molecule has 0 atom stereocenters. The second-order valence-electron chi connectivity index (χ2n) is 4.13. The van der Waals surface area contributed by atoms with E-state index in [1.165, 1.54) is 0 Å². The van der Waals surface area contributed by atoms with Crippen LogP contribution in [0.5, 0.6) is 0 Å². The number of aromatic nitrogens is 1. The van der Waals surface area contributed by atoms with E-state index in [2.05, 4.69) is 27.3 Å². The maximum atomic E-state index is 8.95. The Hall–Kier alpha value is -2.75. The Bertz CT molecular complexity index is 756. The summed E-state index contributed by atoms with van der Waals surface area (Å²) in [7, 11) is 1.87. The molecule has 5 nitrogen and oxygen atoms in total. The number of aryl methyl sites for hydroxylation is 1. The molecule has 1 aromatic heterocycles. The smallest absolute Gasteiger partial charge is 0.181 e. The molecule has 0 spiro atoms. The normalized spacial score (nSPS) is 8.57. The highest BCUT2D eigenvalue weighted by Gasteiger charge is 2.09. The summed E-state index contributed by atoms with van der Waals surface area (Å²) in [4.78, 5) is 1.56. The lowest BCUT2D eigenvalue weighted by Gasteiger charge is -2.09. The average molecular weight is 342 g/mol. The van der Waals surface area contributed by atoms with Crippen molar-refractivity contribution in [3.63, 3.8) is 0 Å². The molecule has 2 rings (SSSR count). The first kappa shape index (κ1) is 16.3. The fraction of sp³-hybridized carbons (Fsp3) is 0.133. The Morgan fingerprint density at radius 3 is 2.29 bits per heavy atom. The SMILES string of the molecule is Cc1cc(NC#N)ccc1-c1ccc(C#N)n1C.N#CBr. The number of nitrogens with one attached hydrogen (secondary N) is 1. The van der Waals surface area contributed by atoms with E-state index in [9.17, 15) is 0 Å². The number of halogens is 1. The Kier molecular flexibility index (Phi) is 6.01. The van der Waals surface area contributed by atoms with E-state index in [4.69, 9.17) is 15.8 Å². The Morgan fingerprint density at radius 1 is 1.14 bits per heavy atom. The van der Waals surface area contributed by atoms with Gasteiger partial charge in [-0.15, -0.1) is 0 Å². The van der Waals surface area contributed by atoms with Gasteiger partial charge in [0.1, 0.15) is 16.7 Å². The molecule has 0 aliphatic heterocycles. The molecule has 0 amide bonds. The van der Waals surface area contributed by atoms with Crippen LogP contribution in [0.1, 0.15) is 11.3 Å². The van der Waals surface area contributed by atoms with Gasteiger partial charge in [0.25, 0.3) is 0 Å². The van der Waals surface area contributed by atoms with Gasteiger partial charge in [-0.3, -0.25) is 5.32 Å². The molecule has 0 fully saturated rings. The second kappa shape index (κ2) is 7.75. The molecular formula is C15H12BrN5. The predicted octanol–water partition coefficient (Wildman–Crippen LogP) is 3.63. The van der Waals surface area contributed by atoms with Crippen molar-refractivity contribution in [2.24, 2.45) is 7.05 Å². The van der Waals surface area contributed by atoms with Crippen molar-refractivity contribution in [3.8, 4) is 28.5 Å². The standard InChI is InChI=1S/C14H12N4.CBrN/c1-10-7-11(17-9-16)3-5-13(10)14-6-4-12(8-15)18(14)2;2-1-3/h3-7,17H,1-2H3;. The van der Waals surface area contributed by atoms with Crippen LogP contribution in [0.15, 0.2) is 30.3 Å². The quantitative estimate of drug-likeness (QED) is 0.667. The topological polar surface area (TPSA) is 88.3 Å². The van der Waals surface area contributed by atoms with Crippen molar-refractivity contribution in [1.82, 2.24) is 4.57 Å². The summed E-state index contributed by atoms with van der Waals surface area (Å²) in [6.45, 7) is 1.98. The molecule has 1 aromatic carbocycles. The second-order valence-corrected chi connectivity index (χ2v) is 4.48. The van der Waals surface area contributed by atoms with Crippen LogP contribution >= 0.6 is 15.9 Å². The van der Waals surface area contributed by atoms with Crippen molar-refractivity contribution in [2.45, 2.75) is 6.92 Å². The van der Waals surface area contributed by atoms with Crippen molar-refractivity contribution in [2.75, 3.05) is 5.32 Å². The van der Waals surface area contributed by atoms with Crippen LogP contribution in [0.3, 0.4) is 0 Å². The Labute approximate surface area is 131 Å². The third kappa shape index (κ3) is 3.86. The highest BCUT2D eigenvalue weighted by atomic mass is 79.9. The van der Waals surface area contributed by atoms with Gasteiger partial charge in [-0.1, -0.05) is 6.07 Å². The molecule has 2 aromatic rings. The third-order valence-corrected chi connectivity index (χ3v) is 2.94. The molecule has 0 bridgehead atoms. The number of anilines is 1. The fourth-order valence-electron chi connectivity index (χ4n) is 1.99. The summed E-state index contributed by atoms with van der Waals surface area (Å²) in [6.07, 6.45) is 1.90. The van der Waals surface area contributed by atoms with Crippen LogP contribution in [-0.4, -0.2) is 4.57 Å². The summed E-state index contributed by atoms with van der Waals surface area (Å²) in [5, 5.41) is 27.4. The molecule has 0 radical (unpaired) electrons. The molecule has 0 aliphatic rings. The van der Waals surface area contributed by atoms with E-state index in [1.807, 2.05) is 49.0 Å². The number of benzene rings is 1. The number of hydrogen-bond donors (Lipinski definition) is 1. The molecular weight excluding hydrogens is 330 g/mol. The van der Waals surface area contributed by atoms with Gasteiger partial charge < -0.3 is 4.57 Å². The zero-order valence-corrected chi connectivity index (χ0v) is 13.1. The van der Waals surface area contributed by atoms with Crippen molar-refractivity contribution < 1.29 is 0 Å². The molecule has 1 heterocycles. The monoisotopic (exact) mass is 341 g/mol. The van der Waals surface area contributed by atoms with Gasteiger partial charge in [0, 0.05) is 39.9 Å². The Morgan fingerprint density at radius 2 is 1.81 bits per heavy atom. The van der Waals surface area contributed by atoms with Gasteiger partial charge in [0.2, 0.25) is 0 Å². The molecule has 0 saturated heterocycles. The minimum atomic E-state index is 0.628. The predicted molar refractivity (Wildman–Crippen MR) is 84.1 cm³/mol. The van der Waals surface area contributed by atoms with Crippen molar-refractivity contribution in [3.05, 3.63) is 41.6 Å². The minimum Gasteiger partial charge on any atom is -0.335 e. The number of nitrogens with zero attached hydrogens (tertiary/aromatic N) is 4. The minimum absolute atomic E-state index is 0.628. The van der Waals surface area contributed by atoms with E-state index in [0.29, 0.717) is 5.69 Å². The zero-order chi connectivity index (χ0) is 15.8. The summed E-state index contributed by atoms with van der Waals surface area (Å²) < 4.78 is 1.86. The van der Waals surface area contributed by atoms with Crippen LogP contribution in [0.25, 0.3) is 11.3 Å². The van der Waals surface area contributed by atoms with E-state index in [0.717, 1.165) is 22.5 Å². The number of hydrogen-bond acceptors (Lipinski definition) is 4. The molecule has 0 aliphatic carbocycles. The molecule has 0 saturated carbocycles. The van der Waals surface area contributed by atoms with Crippen LogP contribution in [0, 0.1) is 40.0 Å². The highest BCUT2D eigenvalue weighted by molar-refractivity contribution is 9.12. The first-order chi connectivity index (χ1) is 10.1. The number of rotatable bonds is 2. The highest BCUT2D eigenvalue weighted by Crippen LogP contribution is 2.27. The molecule has 1 N–H and O–H groups in total. The largest absolute Gasteiger partial charge is 0.335 e. The lowest BCUT2D eigenvalue weighted by atomic mass is 10.0. The van der Waals surface area contributed by atoms with Gasteiger partial charge >= 0.3 is 0 Å². The molecule has 104 valence electrons. The van der Waals surface area contributed by atoms with E-state index in [1.54, 1.807) is 11.0 Å². The first-order valence-corrected chi connectivity index (χ1v) is 6.70. The summed E-state index contributed by atoms with van der Waals surface area (Å²) in [5.74, 6) is 0. The summed E-state index contributed by atoms with van der Waals surface area (Å²) in [6, 6.07) is 11.6. The first-order valence-electron chi connectivity index (χ1n) is 5.90. The van der Waals surface area contributed by atoms with Crippen LogP contribution in [-0.2, 0) is 7.05 Å². The van der Waals surface area contributed by atoms with E-state index >= 15 is 0 Å². The maximum Gasteiger partial charge on any atom is 0.181 e. The average Bonchev–Trinajstić information content (AvgIpc) is 2.81. The Balaban J connectivity index is 0.000000677. The summed E-state index contributed by atoms with van der Waals surface area (Å²) >= 11 is 2.45. The van der Waals surface area contributed by atoms with Crippen LogP contribution < -0.4 is 5.32 Å². The summed E-state index contributed by atoms with van der Waals surface area (Å²) in [5.41, 5.74) is 4.51. The van der Waals surface area contributed by atoms with E-state index in [-0.39, 0.29) is 0 Å². The maximum absolute atomic E-state index is 8.95. The van der Waals surface area contributed by atoms with Gasteiger partial charge in [0.05, 0.1) is 0 Å². The molecule has 6 heteroatoms. The van der Waals surface area contributed by atoms with Crippen LogP contribution in [0.2, 0.25) is 0 Å². The molecule has 21 heavy (non-hydrogen) atoms. The zero-order valence-electron chi connectivity index (χ0n) is 11.6. The van der Waals surface area contributed by atoms with Crippen molar-refractivity contribution in [1.29, 1.82) is 15.8 Å². The fourth-order valence-corrected chi connectivity index (χ4v) is 1.99. The lowest BCUT2D eigenvalue weighted by molar-refractivity contribution is 0.916. The third-order valence-electron chi connectivity index (χ3n) is 2.94. The van der Waals surface area contributed by atoms with Gasteiger partial charge in [-0.25, -0.2) is 0 Å². The van der Waals surface area contributed by atoms with Gasteiger partial charge in [0.15, 0.2) is 6.19 Å². The van der Waals surface area contributed by atoms with Gasteiger partial charge in [-0.05, 0) is 36.8 Å². The van der Waals surface area contributed by atoms with Crippen LogP contribution in [0.4, 0.5) is 5.69 Å². The van der Waals surface area contributed by atoms with Gasteiger partial charge in [-0.2, -0.15) is 15.8 Å². The van der Waals surface area contributed by atoms with Crippen molar-refractivity contribution >= 4 is 21.6 Å². The van der Waals surface area contributed by atoms with E-state index < -0.39 is 0 Å².